The molecule has 0 aliphatic heterocycles. The van der Waals surface area contributed by atoms with Crippen LogP contribution in [-0.2, 0) is 0 Å². The van der Waals surface area contributed by atoms with Gasteiger partial charge in [0.15, 0.2) is 0 Å². The minimum Gasteiger partial charge on any atom is -0.384 e. The summed E-state index contributed by atoms with van der Waals surface area (Å²) in [6.07, 6.45) is 0. The number of nitrogen functional groups attached to an aromatic ring is 1. The van der Waals surface area contributed by atoms with Gasteiger partial charge in [-0.2, -0.15) is 0 Å². The van der Waals surface area contributed by atoms with Crippen LogP contribution in [-0.4, -0.2) is 14.7 Å². The third kappa shape index (κ3) is 4.08. The summed E-state index contributed by atoms with van der Waals surface area (Å²) in [5.74, 6) is 1.69. The first-order valence-corrected chi connectivity index (χ1v) is 5.93. The lowest BCUT2D eigenvalue weighted by atomic mass is 10.2. The lowest BCUT2D eigenvalue weighted by Gasteiger charge is -2.17. The monoisotopic (exact) mass is 225 g/mol. The summed E-state index contributed by atoms with van der Waals surface area (Å²) >= 11 is 1.72. The lowest BCUT2D eigenvalue weighted by Crippen LogP contribution is -2.09. The summed E-state index contributed by atoms with van der Waals surface area (Å²) < 4.78 is 0.148. The van der Waals surface area contributed by atoms with E-state index >= 15 is 0 Å². The van der Waals surface area contributed by atoms with Gasteiger partial charge in [0.25, 0.3) is 0 Å². The third-order valence-electron chi connectivity index (χ3n) is 1.67. The van der Waals surface area contributed by atoms with Crippen LogP contribution >= 0.6 is 11.8 Å². The van der Waals surface area contributed by atoms with Crippen molar-refractivity contribution in [1.29, 1.82) is 0 Å². The topological polar surface area (TPSA) is 51.8 Å². The third-order valence-corrected chi connectivity index (χ3v) is 2.70. The fourth-order valence-electron chi connectivity index (χ4n) is 1.09. The van der Waals surface area contributed by atoms with Crippen LogP contribution in [0.25, 0.3) is 0 Å². The van der Waals surface area contributed by atoms with Crippen LogP contribution in [0, 0.1) is 0 Å². The minimum absolute atomic E-state index is 0.148. The molecule has 84 valence electrons. The smallest absolute Gasteiger partial charge is 0.134 e. The summed E-state index contributed by atoms with van der Waals surface area (Å²) in [5, 5.41) is 0.957. The molecule has 0 aliphatic carbocycles. The lowest BCUT2D eigenvalue weighted by molar-refractivity contribution is 0.749. The molecule has 3 nitrogen and oxygen atoms in total. The van der Waals surface area contributed by atoms with E-state index in [0.717, 1.165) is 10.9 Å². The number of aromatic nitrogens is 2. The van der Waals surface area contributed by atoms with Gasteiger partial charge in [-0.25, -0.2) is 9.97 Å². The number of nitrogens with two attached hydrogens (primary N) is 1. The maximum absolute atomic E-state index is 5.75. The molecular weight excluding hydrogens is 206 g/mol. The molecule has 15 heavy (non-hydrogen) atoms. The van der Waals surface area contributed by atoms with E-state index in [1.807, 2.05) is 6.07 Å². The first-order chi connectivity index (χ1) is 6.78. The fourth-order valence-corrected chi connectivity index (χ4v) is 2.03. The molecule has 1 heterocycles. The fraction of sp³-hybridized carbons (Fsp3) is 0.636. The molecular formula is C11H19N3S. The number of hydrogen-bond acceptors (Lipinski definition) is 4. The van der Waals surface area contributed by atoms with Crippen molar-refractivity contribution in [3.8, 4) is 0 Å². The molecule has 0 unspecified atom stereocenters. The van der Waals surface area contributed by atoms with Gasteiger partial charge < -0.3 is 5.73 Å². The Kier molecular flexibility index (Phi) is 3.60. The molecule has 0 radical (unpaired) electrons. The zero-order valence-corrected chi connectivity index (χ0v) is 10.9. The Morgan fingerprint density at radius 3 is 2.33 bits per heavy atom. The summed E-state index contributed by atoms with van der Waals surface area (Å²) in [7, 11) is 0. The molecule has 1 aromatic heterocycles. The van der Waals surface area contributed by atoms with E-state index in [2.05, 4.69) is 44.6 Å². The number of hydrogen-bond donors (Lipinski definition) is 1. The molecule has 0 spiro atoms. The maximum Gasteiger partial charge on any atom is 0.134 e. The zero-order chi connectivity index (χ0) is 11.6. The first kappa shape index (κ1) is 12.3. The molecule has 4 heteroatoms. The molecule has 0 aliphatic rings. The van der Waals surface area contributed by atoms with E-state index in [1.165, 1.54) is 0 Å². The van der Waals surface area contributed by atoms with Gasteiger partial charge in [-0.15, -0.1) is 11.8 Å². The minimum atomic E-state index is 0.148. The summed E-state index contributed by atoms with van der Waals surface area (Å²) in [4.78, 5) is 8.71. The Balaban J connectivity index is 2.99. The molecule has 0 saturated carbocycles. The normalized spacial score (nSPS) is 12.1. The molecule has 0 bridgehead atoms. The van der Waals surface area contributed by atoms with Gasteiger partial charge in [-0.05, 0) is 0 Å². The Labute approximate surface area is 95.9 Å². The van der Waals surface area contributed by atoms with E-state index in [9.17, 15) is 0 Å². The van der Waals surface area contributed by atoms with Crippen LogP contribution in [0.4, 0.5) is 5.82 Å². The van der Waals surface area contributed by atoms with Gasteiger partial charge in [-0.3, -0.25) is 0 Å². The zero-order valence-electron chi connectivity index (χ0n) is 10.0. The van der Waals surface area contributed by atoms with E-state index in [-0.39, 0.29) is 4.75 Å². The Morgan fingerprint density at radius 2 is 1.87 bits per heavy atom. The first-order valence-electron chi connectivity index (χ1n) is 5.11. The quantitative estimate of drug-likeness (QED) is 0.621. The van der Waals surface area contributed by atoms with E-state index in [1.54, 1.807) is 11.8 Å². The number of thioether (sulfide) groups is 1. The van der Waals surface area contributed by atoms with Crippen LogP contribution in [0.15, 0.2) is 11.1 Å². The highest BCUT2D eigenvalue weighted by Crippen LogP contribution is 2.31. The van der Waals surface area contributed by atoms with Crippen LogP contribution in [0.5, 0.6) is 0 Å². The van der Waals surface area contributed by atoms with Crippen LogP contribution in [0.2, 0.25) is 0 Å². The highest BCUT2D eigenvalue weighted by Gasteiger charge is 2.15. The SMILES string of the molecule is CC(C)c1nc(N)cc(SC(C)(C)C)n1. The summed E-state index contributed by atoms with van der Waals surface area (Å²) in [6, 6.07) is 1.84. The average molecular weight is 225 g/mol. The van der Waals surface area contributed by atoms with E-state index < -0.39 is 0 Å². The molecule has 0 amide bonds. The van der Waals surface area contributed by atoms with Crippen molar-refractivity contribution in [2.75, 3.05) is 5.73 Å². The average Bonchev–Trinajstić information content (AvgIpc) is 1.99. The van der Waals surface area contributed by atoms with E-state index in [0.29, 0.717) is 11.7 Å². The number of anilines is 1. The van der Waals surface area contributed by atoms with Crippen molar-refractivity contribution < 1.29 is 0 Å². The highest BCUT2D eigenvalue weighted by molar-refractivity contribution is 8.00. The van der Waals surface area contributed by atoms with Crippen LogP contribution in [0.1, 0.15) is 46.4 Å². The Morgan fingerprint density at radius 1 is 1.27 bits per heavy atom. The second kappa shape index (κ2) is 4.39. The molecule has 2 N–H and O–H groups in total. The largest absolute Gasteiger partial charge is 0.384 e. The van der Waals surface area contributed by atoms with Gasteiger partial charge in [0.2, 0.25) is 0 Å². The van der Waals surface area contributed by atoms with Gasteiger partial charge in [-0.1, -0.05) is 34.6 Å². The standard InChI is InChI=1S/C11H19N3S/c1-7(2)10-13-8(12)6-9(14-10)15-11(3,4)5/h6-7H,1-5H3,(H2,12,13,14). The second-order valence-corrected chi connectivity index (χ2v) is 6.71. The van der Waals surface area contributed by atoms with Crippen molar-refractivity contribution >= 4 is 17.6 Å². The molecule has 0 aromatic carbocycles. The molecule has 0 fully saturated rings. The van der Waals surface area contributed by atoms with Crippen molar-refractivity contribution in [3.63, 3.8) is 0 Å². The molecule has 0 atom stereocenters. The van der Waals surface area contributed by atoms with Crippen molar-refractivity contribution in [1.82, 2.24) is 9.97 Å². The van der Waals surface area contributed by atoms with Crippen molar-refractivity contribution in [3.05, 3.63) is 11.9 Å². The summed E-state index contributed by atoms with van der Waals surface area (Å²) in [5.41, 5.74) is 5.75. The predicted octanol–water partition coefficient (Wildman–Crippen LogP) is 3.07. The highest BCUT2D eigenvalue weighted by atomic mass is 32.2. The van der Waals surface area contributed by atoms with Gasteiger partial charge in [0.05, 0.1) is 0 Å². The van der Waals surface area contributed by atoms with Gasteiger partial charge in [0, 0.05) is 16.7 Å². The Bertz CT molecular complexity index is 342. The molecule has 0 saturated heterocycles. The predicted molar refractivity (Wildman–Crippen MR) is 66.1 cm³/mol. The van der Waals surface area contributed by atoms with Crippen molar-refractivity contribution in [2.45, 2.75) is 50.3 Å². The molecule has 1 rings (SSSR count). The summed E-state index contributed by atoms with van der Waals surface area (Å²) in [6.45, 7) is 10.6. The van der Waals surface area contributed by atoms with Crippen molar-refractivity contribution in [2.24, 2.45) is 0 Å². The number of nitrogens with zero attached hydrogens (tertiary/aromatic N) is 2. The van der Waals surface area contributed by atoms with Crippen LogP contribution in [0.3, 0.4) is 0 Å². The van der Waals surface area contributed by atoms with E-state index in [4.69, 9.17) is 5.73 Å². The Hall–Kier alpha value is -0.770. The van der Waals surface area contributed by atoms with Gasteiger partial charge in [0.1, 0.15) is 16.7 Å². The van der Waals surface area contributed by atoms with Crippen LogP contribution < -0.4 is 5.73 Å². The van der Waals surface area contributed by atoms with Gasteiger partial charge >= 0.3 is 0 Å². The second-order valence-electron chi connectivity index (χ2n) is 4.86. The molecule has 1 aromatic rings. The number of rotatable bonds is 2. The maximum atomic E-state index is 5.75.